The van der Waals surface area contributed by atoms with Gasteiger partial charge in [-0.2, -0.15) is 18.3 Å². The molecule has 2 aromatic rings. The highest BCUT2D eigenvalue weighted by molar-refractivity contribution is 5.91. The van der Waals surface area contributed by atoms with Gasteiger partial charge >= 0.3 is 12.1 Å². The van der Waals surface area contributed by atoms with Crippen LogP contribution in [0.2, 0.25) is 0 Å². The molecule has 1 aromatic heterocycles. The minimum atomic E-state index is -4.58. The van der Waals surface area contributed by atoms with Gasteiger partial charge in [-0.15, -0.1) is 0 Å². The normalized spacial score (nSPS) is 15.5. The van der Waals surface area contributed by atoms with Crippen molar-refractivity contribution in [2.75, 3.05) is 13.6 Å². The summed E-state index contributed by atoms with van der Waals surface area (Å²) < 4.78 is 41.0. The van der Waals surface area contributed by atoms with Crippen LogP contribution in [0.3, 0.4) is 0 Å². The van der Waals surface area contributed by atoms with Gasteiger partial charge in [-0.1, -0.05) is 12.1 Å². The quantitative estimate of drug-likeness (QED) is 0.922. The molecule has 0 spiro atoms. The molecule has 0 unspecified atom stereocenters. The van der Waals surface area contributed by atoms with Crippen molar-refractivity contribution in [1.82, 2.24) is 14.7 Å². The van der Waals surface area contributed by atoms with Gasteiger partial charge in [0.2, 0.25) is 0 Å². The molecule has 23 heavy (non-hydrogen) atoms. The van der Waals surface area contributed by atoms with Crippen LogP contribution in [0.5, 0.6) is 0 Å². The van der Waals surface area contributed by atoms with Crippen LogP contribution in [0, 0.1) is 0 Å². The van der Waals surface area contributed by atoms with Crippen LogP contribution >= 0.6 is 0 Å². The lowest BCUT2D eigenvalue weighted by Crippen LogP contribution is -2.28. The summed E-state index contributed by atoms with van der Waals surface area (Å²) in [6, 6.07) is 5.93. The van der Waals surface area contributed by atoms with Crippen molar-refractivity contribution in [1.29, 1.82) is 0 Å². The summed E-state index contributed by atoms with van der Waals surface area (Å²) in [5.41, 5.74) is -0.337. The fourth-order valence-electron chi connectivity index (χ4n) is 2.82. The predicted molar refractivity (Wildman–Crippen MR) is 75.6 cm³/mol. The number of aromatic carboxylic acids is 1. The molecule has 1 aliphatic rings. The van der Waals surface area contributed by atoms with Gasteiger partial charge in [0, 0.05) is 25.1 Å². The van der Waals surface area contributed by atoms with Crippen molar-refractivity contribution in [2.45, 2.75) is 19.1 Å². The number of hydrogen-bond donors (Lipinski definition) is 1. The monoisotopic (exact) mass is 325 g/mol. The lowest BCUT2D eigenvalue weighted by Gasteiger charge is -2.24. The van der Waals surface area contributed by atoms with E-state index in [1.54, 1.807) is 18.0 Å². The number of carboxylic acids is 1. The first-order chi connectivity index (χ1) is 10.8. The number of nitrogens with zero attached hydrogens (tertiary/aromatic N) is 3. The Labute approximate surface area is 129 Å². The average molecular weight is 325 g/mol. The van der Waals surface area contributed by atoms with Gasteiger partial charge in [0.05, 0.1) is 16.9 Å². The van der Waals surface area contributed by atoms with E-state index in [9.17, 15) is 23.1 Å². The van der Waals surface area contributed by atoms with Gasteiger partial charge < -0.3 is 10.0 Å². The Hall–Kier alpha value is -2.35. The molecule has 3 rings (SSSR count). The number of aromatic nitrogens is 2. The standard InChI is InChI=1S/C15H14F3N3O2/c1-20-7-6-12-10(8-20)13(15(16,17)18)19-21(12)11-5-3-2-4-9(11)14(22)23/h2-5H,6-8H2,1H3,(H,22,23). The van der Waals surface area contributed by atoms with Gasteiger partial charge in [0.25, 0.3) is 0 Å². The molecule has 0 amide bonds. The number of halogens is 3. The van der Waals surface area contributed by atoms with E-state index >= 15 is 0 Å². The number of rotatable bonds is 2. The molecule has 1 aromatic carbocycles. The molecule has 0 bridgehead atoms. The summed E-state index contributed by atoms with van der Waals surface area (Å²) >= 11 is 0. The largest absolute Gasteiger partial charge is 0.478 e. The van der Waals surface area contributed by atoms with Crippen molar-refractivity contribution in [3.05, 3.63) is 46.8 Å². The fourth-order valence-corrected chi connectivity index (χ4v) is 2.82. The second kappa shape index (κ2) is 5.38. The van der Waals surface area contributed by atoms with Crippen LogP contribution in [0.25, 0.3) is 5.69 Å². The maximum atomic E-state index is 13.3. The summed E-state index contributed by atoms with van der Waals surface area (Å²) in [4.78, 5) is 13.1. The molecule has 0 saturated carbocycles. The molecular weight excluding hydrogens is 311 g/mol. The second-order valence-electron chi connectivity index (χ2n) is 5.49. The third-order valence-corrected chi connectivity index (χ3v) is 3.88. The number of para-hydroxylation sites is 1. The van der Waals surface area contributed by atoms with Gasteiger partial charge in [-0.05, 0) is 19.2 Å². The van der Waals surface area contributed by atoms with E-state index in [-0.39, 0.29) is 23.4 Å². The van der Waals surface area contributed by atoms with Crippen LogP contribution < -0.4 is 0 Å². The molecule has 8 heteroatoms. The lowest BCUT2D eigenvalue weighted by atomic mass is 10.0. The van der Waals surface area contributed by atoms with Crippen LogP contribution in [0.4, 0.5) is 13.2 Å². The Morgan fingerprint density at radius 3 is 2.65 bits per heavy atom. The molecule has 0 radical (unpaired) electrons. The Balaban J connectivity index is 2.24. The number of carboxylic acid groups (broad SMARTS) is 1. The Kier molecular flexibility index (Phi) is 3.63. The number of likely N-dealkylation sites (N-methyl/N-ethyl adjacent to an activating group) is 1. The molecule has 1 N–H and O–H groups in total. The second-order valence-corrected chi connectivity index (χ2v) is 5.49. The van der Waals surface area contributed by atoms with Crippen LogP contribution in [0.15, 0.2) is 24.3 Å². The van der Waals surface area contributed by atoms with Crippen molar-refractivity contribution in [3.8, 4) is 5.69 Å². The van der Waals surface area contributed by atoms with E-state index in [0.717, 1.165) is 4.68 Å². The highest BCUT2D eigenvalue weighted by Gasteiger charge is 2.40. The van der Waals surface area contributed by atoms with Crippen LogP contribution in [-0.4, -0.2) is 39.3 Å². The Morgan fingerprint density at radius 2 is 2.00 bits per heavy atom. The van der Waals surface area contributed by atoms with E-state index in [2.05, 4.69) is 5.10 Å². The van der Waals surface area contributed by atoms with Crippen molar-refractivity contribution in [3.63, 3.8) is 0 Å². The third-order valence-electron chi connectivity index (χ3n) is 3.88. The fraction of sp³-hybridized carbons (Fsp3) is 0.333. The van der Waals surface area contributed by atoms with Crippen molar-refractivity contribution < 1.29 is 23.1 Å². The highest BCUT2D eigenvalue weighted by atomic mass is 19.4. The lowest BCUT2D eigenvalue weighted by molar-refractivity contribution is -0.142. The van der Waals surface area contributed by atoms with Crippen molar-refractivity contribution >= 4 is 5.97 Å². The first-order valence-corrected chi connectivity index (χ1v) is 6.98. The van der Waals surface area contributed by atoms with E-state index < -0.39 is 17.8 Å². The topological polar surface area (TPSA) is 58.4 Å². The molecule has 2 heterocycles. The molecule has 0 fully saturated rings. The molecule has 1 aliphatic heterocycles. The zero-order valence-electron chi connectivity index (χ0n) is 12.3. The molecule has 5 nitrogen and oxygen atoms in total. The zero-order valence-corrected chi connectivity index (χ0v) is 12.3. The van der Waals surface area contributed by atoms with Gasteiger partial charge in [-0.3, -0.25) is 0 Å². The molecule has 0 atom stereocenters. The highest BCUT2D eigenvalue weighted by Crippen LogP contribution is 2.36. The molecular formula is C15H14F3N3O2. The van der Waals surface area contributed by atoms with E-state index in [1.807, 2.05) is 0 Å². The summed E-state index contributed by atoms with van der Waals surface area (Å²) in [5, 5.41) is 13.0. The third kappa shape index (κ3) is 2.70. The number of benzene rings is 1. The minimum absolute atomic E-state index is 0.0783. The Morgan fingerprint density at radius 1 is 1.30 bits per heavy atom. The van der Waals surface area contributed by atoms with Gasteiger partial charge in [0.15, 0.2) is 5.69 Å². The number of alkyl halides is 3. The Bertz CT molecular complexity index is 768. The van der Waals surface area contributed by atoms with E-state index in [4.69, 9.17) is 0 Å². The summed E-state index contributed by atoms with van der Waals surface area (Å²) in [6.45, 7) is 0.727. The maximum Gasteiger partial charge on any atom is 0.435 e. The number of carbonyl (C=O) groups is 1. The smallest absolute Gasteiger partial charge is 0.435 e. The van der Waals surface area contributed by atoms with E-state index in [0.29, 0.717) is 18.7 Å². The van der Waals surface area contributed by atoms with Crippen molar-refractivity contribution in [2.24, 2.45) is 0 Å². The molecule has 122 valence electrons. The SMILES string of the molecule is CN1CCc2c(c(C(F)(F)F)nn2-c2ccccc2C(=O)O)C1. The van der Waals surface area contributed by atoms with Gasteiger partial charge in [-0.25, -0.2) is 9.48 Å². The molecule has 0 aliphatic carbocycles. The van der Waals surface area contributed by atoms with Crippen LogP contribution in [-0.2, 0) is 19.1 Å². The van der Waals surface area contributed by atoms with Gasteiger partial charge in [0.1, 0.15) is 0 Å². The predicted octanol–water partition coefficient (Wildman–Crippen LogP) is 2.58. The minimum Gasteiger partial charge on any atom is -0.478 e. The number of fused-ring (bicyclic) bond motifs is 1. The first kappa shape index (κ1) is 15.5. The van der Waals surface area contributed by atoms with Crippen LogP contribution in [0.1, 0.15) is 27.3 Å². The molecule has 0 saturated heterocycles. The summed E-state index contributed by atoms with van der Waals surface area (Å²) in [5.74, 6) is -1.20. The van der Waals surface area contributed by atoms with E-state index in [1.165, 1.54) is 18.2 Å². The first-order valence-electron chi connectivity index (χ1n) is 6.98. The maximum absolute atomic E-state index is 13.3. The zero-order chi connectivity index (χ0) is 16.8. The summed E-state index contributed by atoms with van der Waals surface area (Å²) in [6.07, 6.45) is -4.20. The average Bonchev–Trinajstić information content (AvgIpc) is 2.85. The number of hydrogen-bond acceptors (Lipinski definition) is 3. The summed E-state index contributed by atoms with van der Waals surface area (Å²) in [7, 11) is 1.74.